The van der Waals surface area contributed by atoms with Crippen LogP contribution in [0, 0.1) is 11.8 Å². The Kier molecular flexibility index (Phi) is 6.78. The maximum atomic E-state index is 5.50. The molecule has 2 unspecified atom stereocenters. The molecule has 0 N–H and O–H groups in total. The van der Waals surface area contributed by atoms with Gasteiger partial charge in [-0.3, -0.25) is 0 Å². The molecule has 0 heterocycles. The van der Waals surface area contributed by atoms with E-state index in [2.05, 4.69) is 0 Å². The van der Waals surface area contributed by atoms with Gasteiger partial charge in [-0.15, -0.1) is 0 Å². The fraction of sp³-hybridized carbons (Fsp3) is 0.714. The smallest absolute Gasteiger partial charge is 0.0905 e. The highest BCUT2D eigenvalue weighted by atomic mass is 16.5. The fourth-order valence-electron chi connectivity index (χ4n) is 2.27. The highest BCUT2D eigenvalue weighted by molar-refractivity contribution is 4.78. The van der Waals surface area contributed by atoms with E-state index >= 15 is 0 Å². The molecule has 2 atom stereocenters. The number of ether oxygens (including phenoxy) is 2. The molecule has 1 saturated carbocycles. The predicted octanol–water partition coefficient (Wildman–Crippen LogP) is 3.89. The van der Waals surface area contributed by atoms with Crippen LogP contribution in [-0.4, -0.2) is 13.2 Å². The number of hydrogen-bond donors (Lipinski definition) is 0. The van der Waals surface area contributed by atoms with E-state index in [1.807, 2.05) is 26.0 Å². The van der Waals surface area contributed by atoms with E-state index in [9.17, 15) is 0 Å². The van der Waals surface area contributed by atoms with E-state index in [0.29, 0.717) is 11.8 Å². The molecule has 1 aliphatic rings. The standard InChI is InChI=1S/C14H24O2/c1-3-9-15-11-13-7-5-6-8-14(13)12-16-10-4-2/h3-4,9-10,13-14H,5-8,11-12H2,1-2H3. The van der Waals surface area contributed by atoms with Gasteiger partial charge in [-0.1, -0.05) is 25.0 Å². The van der Waals surface area contributed by atoms with Crippen LogP contribution in [0.1, 0.15) is 39.5 Å². The SMILES string of the molecule is CC=COCC1CCCCC1COC=CC. The quantitative estimate of drug-likeness (QED) is 0.637. The fourth-order valence-corrected chi connectivity index (χ4v) is 2.27. The van der Waals surface area contributed by atoms with Crippen LogP contribution < -0.4 is 0 Å². The first-order valence-electron chi connectivity index (χ1n) is 6.34. The van der Waals surface area contributed by atoms with Gasteiger partial charge in [-0.25, -0.2) is 0 Å². The summed E-state index contributed by atoms with van der Waals surface area (Å²) in [5.74, 6) is 1.32. The minimum absolute atomic E-state index is 0.662. The average Bonchev–Trinajstić information content (AvgIpc) is 2.32. The largest absolute Gasteiger partial charge is 0.501 e. The molecule has 2 heteroatoms. The zero-order valence-electron chi connectivity index (χ0n) is 10.5. The summed E-state index contributed by atoms with van der Waals surface area (Å²) in [5.41, 5.74) is 0. The number of rotatable bonds is 6. The molecule has 2 nitrogen and oxygen atoms in total. The van der Waals surface area contributed by atoms with Crippen LogP contribution >= 0.6 is 0 Å². The molecule has 92 valence electrons. The van der Waals surface area contributed by atoms with E-state index in [1.54, 1.807) is 12.5 Å². The molecular weight excluding hydrogens is 200 g/mol. The third kappa shape index (κ3) is 4.73. The van der Waals surface area contributed by atoms with Crippen LogP contribution in [0.3, 0.4) is 0 Å². The third-order valence-electron chi connectivity index (χ3n) is 3.15. The molecule has 0 aromatic carbocycles. The van der Waals surface area contributed by atoms with Crippen LogP contribution in [0.4, 0.5) is 0 Å². The summed E-state index contributed by atoms with van der Waals surface area (Å²) in [6, 6.07) is 0. The zero-order chi connectivity index (χ0) is 11.6. The van der Waals surface area contributed by atoms with Crippen molar-refractivity contribution in [1.82, 2.24) is 0 Å². The van der Waals surface area contributed by atoms with Crippen molar-refractivity contribution < 1.29 is 9.47 Å². The van der Waals surface area contributed by atoms with Crippen LogP contribution in [0.2, 0.25) is 0 Å². The van der Waals surface area contributed by atoms with Crippen molar-refractivity contribution in [3.05, 3.63) is 24.7 Å². The van der Waals surface area contributed by atoms with E-state index in [1.165, 1.54) is 25.7 Å². The van der Waals surface area contributed by atoms with E-state index in [-0.39, 0.29) is 0 Å². The normalized spacial score (nSPS) is 26.4. The first kappa shape index (κ1) is 13.1. The van der Waals surface area contributed by atoms with Crippen LogP contribution in [0.15, 0.2) is 24.7 Å². The van der Waals surface area contributed by atoms with E-state index in [4.69, 9.17) is 9.47 Å². The van der Waals surface area contributed by atoms with Gasteiger partial charge in [0.2, 0.25) is 0 Å². The van der Waals surface area contributed by atoms with Gasteiger partial charge in [0.25, 0.3) is 0 Å². The second-order valence-corrected chi connectivity index (χ2v) is 4.41. The lowest BCUT2D eigenvalue weighted by molar-refractivity contribution is 0.0716. The Morgan fingerprint density at radius 1 is 0.875 bits per heavy atom. The van der Waals surface area contributed by atoms with E-state index in [0.717, 1.165) is 13.2 Å². The molecule has 0 spiro atoms. The molecule has 0 aromatic heterocycles. The molecule has 0 saturated heterocycles. The summed E-state index contributed by atoms with van der Waals surface area (Å²) in [5, 5.41) is 0. The minimum atomic E-state index is 0.662. The molecule has 16 heavy (non-hydrogen) atoms. The first-order chi connectivity index (χ1) is 7.88. The Bertz CT molecular complexity index is 197. The molecule has 1 aliphatic carbocycles. The highest BCUT2D eigenvalue weighted by Crippen LogP contribution is 2.30. The van der Waals surface area contributed by atoms with Crippen molar-refractivity contribution in [1.29, 1.82) is 0 Å². The average molecular weight is 224 g/mol. The molecule has 0 radical (unpaired) electrons. The maximum Gasteiger partial charge on any atom is 0.0905 e. The topological polar surface area (TPSA) is 18.5 Å². The second-order valence-electron chi connectivity index (χ2n) is 4.41. The lowest BCUT2D eigenvalue weighted by atomic mass is 9.80. The maximum absolute atomic E-state index is 5.50. The van der Waals surface area contributed by atoms with Crippen molar-refractivity contribution in [2.24, 2.45) is 11.8 Å². The zero-order valence-corrected chi connectivity index (χ0v) is 10.5. The first-order valence-corrected chi connectivity index (χ1v) is 6.34. The summed E-state index contributed by atoms with van der Waals surface area (Å²) in [6.07, 6.45) is 12.7. The van der Waals surface area contributed by atoms with Gasteiger partial charge in [0.15, 0.2) is 0 Å². The monoisotopic (exact) mass is 224 g/mol. The van der Waals surface area contributed by atoms with Gasteiger partial charge in [-0.05, 0) is 38.5 Å². The molecule has 1 fully saturated rings. The lowest BCUT2D eigenvalue weighted by Crippen LogP contribution is -2.26. The molecule has 0 aliphatic heterocycles. The lowest BCUT2D eigenvalue weighted by Gasteiger charge is -2.30. The molecule has 0 bridgehead atoms. The van der Waals surface area contributed by atoms with Crippen molar-refractivity contribution in [2.75, 3.05) is 13.2 Å². The Hall–Kier alpha value is -0.920. The van der Waals surface area contributed by atoms with Crippen molar-refractivity contribution in [3.8, 4) is 0 Å². The van der Waals surface area contributed by atoms with Gasteiger partial charge in [0.05, 0.1) is 25.7 Å². The summed E-state index contributed by atoms with van der Waals surface area (Å²) < 4.78 is 11.0. The number of allylic oxidation sites excluding steroid dienone is 2. The second kappa shape index (κ2) is 8.26. The van der Waals surface area contributed by atoms with Crippen LogP contribution in [-0.2, 0) is 9.47 Å². The van der Waals surface area contributed by atoms with Gasteiger partial charge in [0, 0.05) is 0 Å². The summed E-state index contributed by atoms with van der Waals surface area (Å²) >= 11 is 0. The summed E-state index contributed by atoms with van der Waals surface area (Å²) in [7, 11) is 0. The number of hydrogen-bond acceptors (Lipinski definition) is 2. The third-order valence-corrected chi connectivity index (χ3v) is 3.15. The summed E-state index contributed by atoms with van der Waals surface area (Å²) in [4.78, 5) is 0. The van der Waals surface area contributed by atoms with Crippen LogP contribution in [0.25, 0.3) is 0 Å². The van der Waals surface area contributed by atoms with Gasteiger partial charge < -0.3 is 9.47 Å². The molecule has 0 aromatic rings. The van der Waals surface area contributed by atoms with Gasteiger partial charge in [-0.2, -0.15) is 0 Å². The molecule has 1 rings (SSSR count). The Labute approximate surface area is 99.3 Å². The minimum Gasteiger partial charge on any atom is -0.501 e. The predicted molar refractivity (Wildman–Crippen MR) is 67.0 cm³/mol. The van der Waals surface area contributed by atoms with Crippen molar-refractivity contribution in [2.45, 2.75) is 39.5 Å². The van der Waals surface area contributed by atoms with Crippen molar-refractivity contribution in [3.63, 3.8) is 0 Å². The van der Waals surface area contributed by atoms with Gasteiger partial charge in [0.1, 0.15) is 0 Å². The molecular formula is C14H24O2. The Balaban J connectivity index is 2.31. The Morgan fingerprint density at radius 3 is 1.69 bits per heavy atom. The molecule has 0 amide bonds. The highest BCUT2D eigenvalue weighted by Gasteiger charge is 2.25. The Morgan fingerprint density at radius 2 is 1.31 bits per heavy atom. The van der Waals surface area contributed by atoms with E-state index < -0.39 is 0 Å². The van der Waals surface area contributed by atoms with Crippen LogP contribution in [0.5, 0.6) is 0 Å². The van der Waals surface area contributed by atoms with Gasteiger partial charge >= 0.3 is 0 Å². The summed E-state index contributed by atoms with van der Waals surface area (Å²) in [6.45, 7) is 5.64. The van der Waals surface area contributed by atoms with Crippen molar-refractivity contribution >= 4 is 0 Å².